The molecule has 0 spiro atoms. The standard InChI is InChI=1S/C5H10BNO2/c1-5(2,3)9-4(8)7-6/h1-3H3,(H,7,8). The van der Waals surface area contributed by atoms with Gasteiger partial charge in [0.15, 0.2) is 0 Å². The zero-order valence-corrected chi connectivity index (χ0v) is 5.89. The van der Waals surface area contributed by atoms with Gasteiger partial charge in [0.05, 0.1) is 0 Å². The third-order valence-corrected chi connectivity index (χ3v) is 0.517. The van der Waals surface area contributed by atoms with E-state index in [1.54, 1.807) is 20.8 Å². The predicted molar refractivity (Wildman–Crippen MR) is 35.1 cm³/mol. The molecule has 0 bridgehead atoms. The van der Waals surface area contributed by atoms with E-state index in [0.717, 1.165) is 0 Å². The first kappa shape index (κ1) is 8.33. The first-order chi connectivity index (χ1) is 3.95. The molecule has 0 atom stereocenters. The SMILES string of the molecule is [B]NC(=O)OC(C)(C)C. The number of hydrogen-bond acceptors (Lipinski definition) is 2. The highest BCUT2D eigenvalue weighted by Crippen LogP contribution is 2.05. The lowest BCUT2D eigenvalue weighted by Crippen LogP contribution is -2.30. The van der Waals surface area contributed by atoms with Gasteiger partial charge in [0.2, 0.25) is 7.98 Å². The van der Waals surface area contributed by atoms with Crippen LogP contribution < -0.4 is 5.23 Å². The molecule has 0 saturated heterocycles. The number of rotatable bonds is 0. The highest BCUT2D eigenvalue weighted by molar-refractivity contribution is 6.12. The molecule has 1 N–H and O–H groups in total. The average molecular weight is 127 g/mol. The van der Waals surface area contributed by atoms with Gasteiger partial charge in [-0.15, -0.1) is 0 Å². The minimum atomic E-state index is -0.609. The molecule has 1 amide bonds. The van der Waals surface area contributed by atoms with Gasteiger partial charge in [-0.05, 0) is 20.8 Å². The van der Waals surface area contributed by atoms with E-state index < -0.39 is 11.7 Å². The van der Waals surface area contributed by atoms with E-state index >= 15 is 0 Å². The zero-order valence-electron chi connectivity index (χ0n) is 5.89. The molecule has 0 saturated carbocycles. The summed E-state index contributed by atoms with van der Waals surface area (Å²) in [5.41, 5.74) is -0.469. The maximum atomic E-state index is 10.4. The van der Waals surface area contributed by atoms with Crippen molar-refractivity contribution in [2.24, 2.45) is 0 Å². The van der Waals surface area contributed by atoms with Crippen LogP contribution in [0.4, 0.5) is 4.79 Å². The van der Waals surface area contributed by atoms with Gasteiger partial charge in [0.1, 0.15) is 5.60 Å². The average Bonchev–Trinajstić information content (AvgIpc) is 1.62. The van der Waals surface area contributed by atoms with Crippen LogP contribution in [0.25, 0.3) is 0 Å². The normalized spacial score (nSPS) is 10.6. The highest BCUT2D eigenvalue weighted by atomic mass is 16.6. The van der Waals surface area contributed by atoms with E-state index in [1.165, 1.54) is 0 Å². The third-order valence-electron chi connectivity index (χ3n) is 0.517. The number of carbonyl (C=O) groups excluding carboxylic acids is 1. The first-order valence-corrected chi connectivity index (χ1v) is 2.65. The molecule has 4 heteroatoms. The number of amides is 1. The maximum Gasteiger partial charge on any atom is 0.394 e. The second-order valence-electron chi connectivity index (χ2n) is 2.65. The van der Waals surface area contributed by atoms with Crippen LogP contribution >= 0.6 is 0 Å². The second-order valence-corrected chi connectivity index (χ2v) is 2.65. The Bertz CT molecular complexity index is 108. The summed E-state index contributed by atoms with van der Waals surface area (Å²) in [5, 5.41) is 1.86. The van der Waals surface area contributed by atoms with Crippen molar-refractivity contribution in [1.82, 2.24) is 5.23 Å². The molecule has 0 heterocycles. The van der Waals surface area contributed by atoms with Crippen LogP contribution in [0.15, 0.2) is 0 Å². The molecular weight excluding hydrogens is 117 g/mol. The summed E-state index contributed by atoms with van der Waals surface area (Å²) in [5.74, 6) is 0. The van der Waals surface area contributed by atoms with E-state index in [4.69, 9.17) is 12.7 Å². The van der Waals surface area contributed by atoms with Crippen LogP contribution in [-0.2, 0) is 4.74 Å². The van der Waals surface area contributed by atoms with Crippen LogP contribution in [0.1, 0.15) is 20.8 Å². The van der Waals surface area contributed by atoms with Crippen molar-refractivity contribution in [1.29, 1.82) is 0 Å². The van der Waals surface area contributed by atoms with E-state index in [-0.39, 0.29) is 0 Å². The quantitative estimate of drug-likeness (QED) is 0.483. The smallest absolute Gasteiger partial charge is 0.394 e. The molecular formula is C5H10BNO2. The minimum Gasteiger partial charge on any atom is -0.445 e. The van der Waals surface area contributed by atoms with Crippen molar-refractivity contribution in [2.75, 3.05) is 0 Å². The Labute approximate surface area is 56.2 Å². The summed E-state index contributed by atoms with van der Waals surface area (Å²) in [6.07, 6.45) is -0.609. The van der Waals surface area contributed by atoms with Gasteiger partial charge in [-0.1, -0.05) is 0 Å². The molecule has 3 nitrogen and oxygen atoms in total. The monoisotopic (exact) mass is 127 g/mol. The van der Waals surface area contributed by atoms with Crippen LogP contribution in [0.3, 0.4) is 0 Å². The van der Waals surface area contributed by atoms with Gasteiger partial charge < -0.3 is 9.96 Å². The summed E-state index contributed by atoms with van der Waals surface area (Å²) < 4.78 is 4.71. The van der Waals surface area contributed by atoms with E-state index in [1.807, 2.05) is 5.23 Å². The largest absolute Gasteiger partial charge is 0.445 e. The fourth-order valence-electron chi connectivity index (χ4n) is 0.308. The van der Waals surface area contributed by atoms with Crippen LogP contribution in [0.5, 0.6) is 0 Å². The van der Waals surface area contributed by atoms with E-state index in [0.29, 0.717) is 0 Å². The van der Waals surface area contributed by atoms with Crippen molar-refractivity contribution in [3.8, 4) is 0 Å². The number of hydrogen-bond donors (Lipinski definition) is 1. The fourth-order valence-corrected chi connectivity index (χ4v) is 0.308. The summed E-state index contributed by atoms with van der Waals surface area (Å²) >= 11 is 0. The van der Waals surface area contributed by atoms with E-state index in [9.17, 15) is 4.79 Å². The summed E-state index contributed by atoms with van der Waals surface area (Å²) in [6.45, 7) is 5.30. The topological polar surface area (TPSA) is 38.3 Å². The summed E-state index contributed by atoms with van der Waals surface area (Å²) in [4.78, 5) is 10.4. The van der Waals surface area contributed by atoms with Gasteiger partial charge >= 0.3 is 6.09 Å². The molecule has 0 rings (SSSR count). The molecule has 50 valence electrons. The van der Waals surface area contributed by atoms with E-state index in [2.05, 4.69) is 0 Å². The lowest BCUT2D eigenvalue weighted by atomic mass is 10.2. The maximum absolute atomic E-state index is 10.4. The van der Waals surface area contributed by atoms with Crippen molar-refractivity contribution in [2.45, 2.75) is 26.4 Å². The number of ether oxygens (including phenoxy) is 1. The van der Waals surface area contributed by atoms with Crippen molar-refractivity contribution in [3.05, 3.63) is 0 Å². The summed E-state index contributed by atoms with van der Waals surface area (Å²) in [7, 11) is 4.75. The molecule has 9 heavy (non-hydrogen) atoms. The van der Waals surface area contributed by atoms with Gasteiger partial charge in [-0.25, -0.2) is 4.79 Å². The van der Waals surface area contributed by atoms with Gasteiger partial charge in [0, 0.05) is 0 Å². The van der Waals surface area contributed by atoms with Crippen molar-refractivity contribution >= 4 is 14.1 Å². The molecule has 0 fully saturated rings. The van der Waals surface area contributed by atoms with Gasteiger partial charge in [-0.2, -0.15) is 0 Å². The van der Waals surface area contributed by atoms with Crippen molar-refractivity contribution in [3.63, 3.8) is 0 Å². The van der Waals surface area contributed by atoms with Crippen LogP contribution in [-0.4, -0.2) is 19.7 Å². The van der Waals surface area contributed by atoms with Crippen molar-refractivity contribution < 1.29 is 9.53 Å². The van der Waals surface area contributed by atoms with Crippen LogP contribution in [0, 0.1) is 0 Å². The molecule has 0 aliphatic heterocycles. The number of carbonyl (C=O) groups is 1. The second kappa shape index (κ2) is 2.76. The Balaban J connectivity index is 3.60. The predicted octanol–water partition coefficient (Wildman–Crippen LogP) is 0.595. The third kappa shape index (κ3) is 5.20. The zero-order chi connectivity index (χ0) is 7.49. The lowest BCUT2D eigenvalue weighted by Gasteiger charge is -2.18. The first-order valence-electron chi connectivity index (χ1n) is 2.65. The molecule has 0 unspecified atom stereocenters. The highest BCUT2D eigenvalue weighted by Gasteiger charge is 2.13. The molecule has 0 aromatic carbocycles. The Kier molecular flexibility index (Phi) is 2.55. The molecule has 0 aliphatic carbocycles. The Morgan fingerprint density at radius 1 is 1.56 bits per heavy atom. The lowest BCUT2D eigenvalue weighted by molar-refractivity contribution is 0.0570. The fraction of sp³-hybridized carbons (Fsp3) is 0.800. The van der Waals surface area contributed by atoms with Gasteiger partial charge in [0.25, 0.3) is 0 Å². The molecule has 0 aromatic heterocycles. The van der Waals surface area contributed by atoms with Crippen LogP contribution in [0.2, 0.25) is 0 Å². The Morgan fingerprint density at radius 3 is 2.11 bits per heavy atom. The molecule has 2 radical (unpaired) electrons. The Morgan fingerprint density at radius 2 is 2.00 bits per heavy atom. The molecule has 0 aromatic rings. The summed E-state index contributed by atoms with van der Waals surface area (Å²) in [6, 6.07) is 0. The Hall–Kier alpha value is -0.665. The van der Waals surface area contributed by atoms with Gasteiger partial charge in [-0.3, -0.25) is 0 Å². The minimum absolute atomic E-state index is 0.469. The number of nitrogens with one attached hydrogen (secondary N) is 1. The molecule has 0 aliphatic rings.